The first-order valence-electron chi connectivity index (χ1n) is 5.94. The van der Waals surface area contributed by atoms with Crippen molar-refractivity contribution >= 4 is 54.2 Å². The van der Waals surface area contributed by atoms with Gasteiger partial charge in [-0.25, -0.2) is 4.57 Å². The zero-order chi connectivity index (χ0) is 15.9. The third-order valence-corrected chi connectivity index (χ3v) is 6.26. The molecule has 1 saturated carbocycles. The van der Waals surface area contributed by atoms with Gasteiger partial charge in [-0.05, 0) is 24.6 Å². The molecule has 2 rings (SSSR count). The summed E-state index contributed by atoms with van der Waals surface area (Å²) < 4.78 is 26.9. The molecule has 2 unspecified atom stereocenters. The molecule has 9 heteroatoms. The summed E-state index contributed by atoms with van der Waals surface area (Å²) in [5.41, 5.74) is -0.489. The lowest BCUT2D eigenvalue weighted by atomic mass is 10.2. The number of phosphoric ester groups is 1. The monoisotopic (exact) mass is 392 g/mol. The number of hydrogen-bond donors (Lipinski definition) is 0. The summed E-state index contributed by atoms with van der Waals surface area (Å²) >= 11 is 23.7. The second-order valence-corrected chi connectivity index (χ2v) is 9.04. The van der Waals surface area contributed by atoms with E-state index in [2.05, 4.69) is 0 Å². The van der Waals surface area contributed by atoms with Crippen molar-refractivity contribution in [1.82, 2.24) is 0 Å². The van der Waals surface area contributed by atoms with Gasteiger partial charge in [-0.1, -0.05) is 30.1 Å². The van der Waals surface area contributed by atoms with Gasteiger partial charge in [0.15, 0.2) is 0 Å². The fraction of sp³-hybridized carbons (Fsp3) is 0.500. The van der Waals surface area contributed by atoms with E-state index in [4.69, 9.17) is 60.0 Å². The van der Waals surface area contributed by atoms with Gasteiger partial charge in [-0.2, -0.15) is 0 Å². The average Bonchev–Trinajstić information content (AvgIpc) is 2.90. The van der Waals surface area contributed by atoms with Gasteiger partial charge in [-0.15, -0.1) is 23.2 Å². The van der Waals surface area contributed by atoms with Gasteiger partial charge < -0.3 is 4.52 Å². The largest absolute Gasteiger partial charge is 0.529 e. The molecule has 0 radical (unpaired) electrons. The van der Waals surface area contributed by atoms with Crippen LogP contribution in [0.5, 0.6) is 5.75 Å². The van der Waals surface area contributed by atoms with Gasteiger partial charge in [-0.3, -0.25) is 9.05 Å². The average molecular weight is 394 g/mol. The van der Waals surface area contributed by atoms with Gasteiger partial charge in [0.2, 0.25) is 0 Å². The minimum atomic E-state index is -3.82. The van der Waals surface area contributed by atoms with E-state index >= 15 is 0 Å². The van der Waals surface area contributed by atoms with Crippen LogP contribution in [-0.4, -0.2) is 18.1 Å². The highest BCUT2D eigenvalue weighted by molar-refractivity contribution is 7.48. The first-order chi connectivity index (χ1) is 9.61. The van der Waals surface area contributed by atoms with Crippen molar-refractivity contribution in [3.05, 3.63) is 28.2 Å². The maximum Gasteiger partial charge on any atom is 0.529 e. The van der Waals surface area contributed by atoms with E-state index in [-0.39, 0.29) is 17.4 Å². The van der Waals surface area contributed by atoms with E-state index < -0.39 is 17.6 Å². The molecule has 118 valence electrons. The molecule has 0 aromatic heterocycles. The normalized spacial score (nSPS) is 26.2. The Kier molecular flexibility index (Phi) is 5.12. The van der Waals surface area contributed by atoms with Crippen LogP contribution >= 0.6 is 54.2 Å². The van der Waals surface area contributed by atoms with Gasteiger partial charge in [0.1, 0.15) is 10.1 Å². The SMILES string of the molecule is COP(=O)(OCC1(C)CC1(Cl)Cl)Oc1ccc(Cl)cc1Cl. The second kappa shape index (κ2) is 6.09. The van der Waals surface area contributed by atoms with Crippen LogP contribution in [0.2, 0.25) is 10.0 Å². The van der Waals surface area contributed by atoms with E-state index in [1.807, 2.05) is 6.92 Å². The summed E-state index contributed by atoms with van der Waals surface area (Å²) in [7, 11) is -2.61. The molecule has 0 saturated heterocycles. The molecule has 0 aliphatic heterocycles. The Labute approximate surface area is 143 Å². The Bertz CT molecular complexity index is 595. The summed E-state index contributed by atoms with van der Waals surface area (Å²) in [4.78, 5) is 0. The predicted octanol–water partition coefficient (Wildman–Crippen LogP) is 5.73. The minimum absolute atomic E-state index is 0.0380. The molecule has 0 N–H and O–H groups in total. The summed E-state index contributed by atoms with van der Waals surface area (Å²) in [6.07, 6.45) is 0.536. The molecule has 1 aliphatic carbocycles. The van der Waals surface area contributed by atoms with Crippen LogP contribution in [0.3, 0.4) is 0 Å². The first-order valence-corrected chi connectivity index (χ1v) is 8.91. The van der Waals surface area contributed by atoms with Crippen LogP contribution in [0, 0.1) is 5.41 Å². The molecule has 1 aliphatic rings. The van der Waals surface area contributed by atoms with Crippen molar-refractivity contribution in [3.63, 3.8) is 0 Å². The van der Waals surface area contributed by atoms with E-state index in [1.54, 1.807) is 6.07 Å². The quantitative estimate of drug-likeness (QED) is 0.457. The van der Waals surface area contributed by atoms with E-state index in [0.717, 1.165) is 0 Å². The molecular weight excluding hydrogens is 381 g/mol. The van der Waals surface area contributed by atoms with E-state index in [1.165, 1.54) is 19.2 Å². The zero-order valence-electron chi connectivity index (χ0n) is 11.2. The Morgan fingerprint density at radius 3 is 2.43 bits per heavy atom. The van der Waals surface area contributed by atoms with Crippen LogP contribution in [0.25, 0.3) is 0 Å². The number of hydrogen-bond acceptors (Lipinski definition) is 4. The fourth-order valence-electron chi connectivity index (χ4n) is 1.61. The molecule has 0 bridgehead atoms. The molecule has 2 atom stereocenters. The molecule has 1 fully saturated rings. The highest BCUT2D eigenvalue weighted by Gasteiger charge is 2.63. The summed E-state index contributed by atoms with van der Waals surface area (Å²) in [6.45, 7) is 1.86. The first kappa shape index (κ1) is 17.7. The maximum absolute atomic E-state index is 12.4. The van der Waals surface area contributed by atoms with Gasteiger partial charge in [0.05, 0.1) is 11.6 Å². The van der Waals surface area contributed by atoms with Crippen LogP contribution in [0.4, 0.5) is 0 Å². The number of alkyl halides is 2. The zero-order valence-corrected chi connectivity index (χ0v) is 15.2. The van der Waals surface area contributed by atoms with E-state index in [9.17, 15) is 4.57 Å². The number of rotatable bonds is 6. The predicted molar refractivity (Wildman–Crippen MR) is 84.8 cm³/mol. The number of halogens is 4. The highest BCUT2D eigenvalue weighted by Crippen LogP contribution is 2.65. The summed E-state index contributed by atoms with van der Waals surface area (Å²) in [6, 6.07) is 4.49. The number of phosphoric acid groups is 1. The molecule has 1 aromatic rings. The third kappa shape index (κ3) is 4.00. The second-order valence-electron chi connectivity index (χ2n) is 5.01. The lowest BCUT2D eigenvalue weighted by molar-refractivity contribution is 0.152. The third-order valence-electron chi connectivity index (χ3n) is 3.24. The molecule has 4 nitrogen and oxygen atoms in total. The molecule has 0 spiro atoms. The van der Waals surface area contributed by atoms with Crippen LogP contribution in [0.15, 0.2) is 18.2 Å². The minimum Gasteiger partial charge on any atom is -0.402 e. The topological polar surface area (TPSA) is 44.8 Å². The lowest BCUT2D eigenvalue weighted by Crippen LogP contribution is -2.14. The molecule has 0 amide bonds. The Morgan fingerprint density at radius 2 is 1.95 bits per heavy atom. The Balaban J connectivity index is 2.06. The molecule has 21 heavy (non-hydrogen) atoms. The smallest absolute Gasteiger partial charge is 0.402 e. The van der Waals surface area contributed by atoms with Crippen molar-refractivity contribution in [2.75, 3.05) is 13.7 Å². The standard InChI is InChI=1S/C12H13Cl4O4P/c1-11(6-12(11,15)16)7-19-21(17,18-2)20-10-4-3-8(13)5-9(10)14/h3-5H,6-7H2,1-2H3. The Morgan fingerprint density at radius 1 is 1.33 bits per heavy atom. The molecule has 0 heterocycles. The molecular formula is C12H13Cl4O4P. The highest BCUT2D eigenvalue weighted by atomic mass is 35.5. The lowest BCUT2D eigenvalue weighted by Gasteiger charge is -2.20. The van der Waals surface area contributed by atoms with Crippen molar-refractivity contribution in [2.24, 2.45) is 5.41 Å². The van der Waals surface area contributed by atoms with Crippen molar-refractivity contribution in [2.45, 2.75) is 17.7 Å². The summed E-state index contributed by atoms with van der Waals surface area (Å²) in [5.74, 6) is 0.148. The Hall–Kier alpha value is 0.330. The fourth-order valence-corrected chi connectivity index (χ4v) is 3.89. The van der Waals surface area contributed by atoms with Crippen molar-refractivity contribution in [3.8, 4) is 5.75 Å². The van der Waals surface area contributed by atoms with Crippen molar-refractivity contribution < 1.29 is 18.1 Å². The van der Waals surface area contributed by atoms with Gasteiger partial charge in [0, 0.05) is 17.5 Å². The van der Waals surface area contributed by atoms with Gasteiger partial charge in [0.25, 0.3) is 0 Å². The van der Waals surface area contributed by atoms with Crippen LogP contribution < -0.4 is 4.52 Å². The molecule has 1 aromatic carbocycles. The maximum atomic E-state index is 12.4. The summed E-state index contributed by atoms with van der Waals surface area (Å²) in [5, 5.41) is 0.630. The van der Waals surface area contributed by atoms with Crippen LogP contribution in [0.1, 0.15) is 13.3 Å². The van der Waals surface area contributed by atoms with E-state index in [0.29, 0.717) is 11.4 Å². The number of benzene rings is 1. The van der Waals surface area contributed by atoms with Crippen LogP contribution in [-0.2, 0) is 13.6 Å². The van der Waals surface area contributed by atoms with Crippen molar-refractivity contribution in [1.29, 1.82) is 0 Å². The van der Waals surface area contributed by atoms with Gasteiger partial charge >= 0.3 is 7.82 Å².